The predicted octanol–water partition coefficient (Wildman–Crippen LogP) is 4.08. The number of hydrogen-bond donors (Lipinski definition) is 0. The molecule has 0 bridgehead atoms. The normalized spacial score (nSPS) is 10.5. The third kappa shape index (κ3) is 3.47. The molecule has 19 heavy (non-hydrogen) atoms. The maximum Gasteiger partial charge on any atom is 0.222 e. The lowest BCUT2D eigenvalue weighted by molar-refractivity contribution is -0.130. The van der Waals surface area contributed by atoms with Crippen molar-refractivity contribution in [3.8, 4) is 11.3 Å². The monoisotopic (exact) mass is 321 g/mol. The van der Waals surface area contributed by atoms with Gasteiger partial charge in [-0.05, 0) is 24.3 Å². The summed E-state index contributed by atoms with van der Waals surface area (Å²) in [6.45, 7) is 2.36. The van der Waals surface area contributed by atoms with E-state index < -0.39 is 0 Å². The number of halogens is 1. The Morgan fingerprint density at radius 3 is 2.53 bits per heavy atom. The van der Waals surface area contributed by atoms with Crippen LogP contribution in [0.4, 0.5) is 0 Å². The Hall–Kier alpha value is -1.55. The molecule has 0 saturated heterocycles. The number of rotatable bonds is 4. The first-order chi connectivity index (χ1) is 9.10. The van der Waals surface area contributed by atoms with Crippen LogP contribution >= 0.6 is 15.9 Å². The summed E-state index contributed by atoms with van der Waals surface area (Å²) >= 11 is 3.41. The lowest BCUT2D eigenvalue weighted by Gasteiger charge is -2.14. The maximum atomic E-state index is 11.5. The van der Waals surface area contributed by atoms with Crippen LogP contribution in [0.2, 0.25) is 0 Å². The van der Waals surface area contributed by atoms with Gasteiger partial charge in [-0.15, -0.1) is 0 Å². The van der Waals surface area contributed by atoms with Crippen molar-refractivity contribution in [3.05, 3.63) is 46.6 Å². The van der Waals surface area contributed by atoms with Crippen LogP contribution in [0.1, 0.15) is 19.1 Å². The van der Waals surface area contributed by atoms with Crippen molar-refractivity contribution >= 4 is 21.8 Å². The van der Waals surface area contributed by atoms with Gasteiger partial charge in [0.05, 0.1) is 6.54 Å². The van der Waals surface area contributed by atoms with E-state index in [9.17, 15) is 4.79 Å². The first kappa shape index (κ1) is 13.9. The van der Waals surface area contributed by atoms with E-state index in [4.69, 9.17) is 4.42 Å². The lowest BCUT2D eigenvalue weighted by atomic mass is 10.2. The molecule has 0 unspecified atom stereocenters. The van der Waals surface area contributed by atoms with Crippen molar-refractivity contribution < 1.29 is 9.21 Å². The third-order valence-electron chi connectivity index (χ3n) is 2.91. The van der Waals surface area contributed by atoms with Crippen molar-refractivity contribution in [3.63, 3.8) is 0 Å². The Balaban J connectivity index is 2.11. The molecular weight excluding hydrogens is 306 g/mol. The molecule has 0 atom stereocenters. The standard InChI is InChI=1S/C15H16BrNO2/c1-3-15(18)17(2)10-13-8-9-14(19-13)11-4-6-12(16)7-5-11/h4-9H,3,10H2,1-2H3. The zero-order chi connectivity index (χ0) is 13.8. The average Bonchev–Trinajstić information content (AvgIpc) is 2.87. The minimum absolute atomic E-state index is 0.113. The molecule has 0 spiro atoms. The van der Waals surface area contributed by atoms with Crippen LogP contribution in [0.5, 0.6) is 0 Å². The predicted molar refractivity (Wildman–Crippen MR) is 78.6 cm³/mol. The largest absolute Gasteiger partial charge is 0.459 e. The van der Waals surface area contributed by atoms with E-state index >= 15 is 0 Å². The van der Waals surface area contributed by atoms with Gasteiger partial charge in [-0.1, -0.05) is 35.0 Å². The Kier molecular flexibility index (Phi) is 4.43. The van der Waals surface area contributed by atoms with Gasteiger partial charge in [0.25, 0.3) is 0 Å². The summed E-state index contributed by atoms with van der Waals surface area (Å²) in [7, 11) is 1.79. The number of furan rings is 1. The zero-order valence-electron chi connectivity index (χ0n) is 11.0. The minimum Gasteiger partial charge on any atom is -0.459 e. The summed E-state index contributed by atoms with van der Waals surface area (Å²) in [4.78, 5) is 13.2. The lowest BCUT2D eigenvalue weighted by Crippen LogP contribution is -2.24. The summed E-state index contributed by atoms with van der Waals surface area (Å²) in [5.74, 6) is 1.73. The summed E-state index contributed by atoms with van der Waals surface area (Å²) in [6.07, 6.45) is 0.511. The second-order valence-corrected chi connectivity index (χ2v) is 5.29. The summed E-state index contributed by atoms with van der Waals surface area (Å²) in [5.41, 5.74) is 1.03. The van der Waals surface area contributed by atoms with E-state index in [0.717, 1.165) is 21.6 Å². The van der Waals surface area contributed by atoms with Crippen molar-refractivity contribution in [2.45, 2.75) is 19.9 Å². The Morgan fingerprint density at radius 1 is 1.21 bits per heavy atom. The van der Waals surface area contributed by atoms with Gasteiger partial charge in [0.15, 0.2) is 0 Å². The number of carbonyl (C=O) groups excluding carboxylic acids is 1. The quantitative estimate of drug-likeness (QED) is 0.850. The van der Waals surface area contributed by atoms with Crippen molar-refractivity contribution in [1.82, 2.24) is 4.90 Å². The Bertz CT molecular complexity index is 560. The fourth-order valence-corrected chi connectivity index (χ4v) is 2.09. The summed E-state index contributed by atoms with van der Waals surface area (Å²) in [5, 5.41) is 0. The van der Waals surface area contributed by atoms with E-state index in [1.54, 1.807) is 11.9 Å². The fourth-order valence-electron chi connectivity index (χ4n) is 1.82. The molecule has 0 fully saturated rings. The number of benzene rings is 1. The molecule has 3 nitrogen and oxygen atoms in total. The van der Waals surface area contributed by atoms with Crippen LogP contribution in [0.25, 0.3) is 11.3 Å². The third-order valence-corrected chi connectivity index (χ3v) is 3.44. The molecule has 4 heteroatoms. The van der Waals surface area contributed by atoms with Crippen LogP contribution in [-0.4, -0.2) is 17.9 Å². The highest BCUT2D eigenvalue weighted by Crippen LogP contribution is 2.24. The highest BCUT2D eigenvalue weighted by molar-refractivity contribution is 9.10. The Morgan fingerprint density at radius 2 is 1.89 bits per heavy atom. The van der Waals surface area contributed by atoms with Crippen LogP contribution in [0.15, 0.2) is 45.3 Å². The molecule has 100 valence electrons. The molecule has 1 amide bonds. The molecule has 1 aromatic carbocycles. The number of carbonyl (C=O) groups is 1. The van der Waals surface area contributed by atoms with Crippen LogP contribution in [-0.2, 0) is 11.3 Å². The molecule has 0 aliphatic heterocycles. The van der Waals surface area contributed by atoms with Gasteiger partial charge in [-0.2, -0.15) is 0 Å². The number of hydrogen-bond acceptors (Lipinski definition) is 2. The van der Waals surface area contributed by atoms with Crippen molar-refractivity contribution in [1.29, 1.82) is 0 Å². The second-order valence-electron chi connectivity index (χ2n) is 4.38. The van der Waals surface area contributed by atoms with Gasteiger partial charge in [-0.3, -0.25) is 4.79 Å². The van der Waals surface area contributed by atoms with E-state index in [0.29, 0.717) is 13.0 Å². The molecule has 0 radical (unpaired) electrons. The van der Waals surface area contributed by atoms with Gasteiger partial charge in [0.1, 0.15) is 11.5 Å². The number of nitrogens with zero attached hydrogens (tertiary/aromatic N) is 1. The number of amides is 1. The van der Waals surface area contributed by atoms with Gasteiger partial charge in [0, 0.05) is 23.5 Å². The molecule has 1 aromatic heterocycles. The molecule has 0 aliphatic carbocycles. The molecule has 0 saturated carbocycles. The maximum absolute atomic E-state index is 11.5. The summed E-state index contributed by atoms with van der Waals surface area (Å²) < 4.78 is 6.80. The minimum atomic E-state index is 0.113. The van der Waals surface area contributed by atoms with E-state index in [1.807, 2.05) is 43.3 Å². The topological polar surface area (TPSA) is 33.5 Å². The van der Waals surface area contributed by atoms with Gasteiger partial charge < -0.3 is 9.32 Å². The van der Waals surface area contributed by atoms with Crippen LogP contribution in [0, 0.1) is 0 Å². The molecule has 2 rings (SSSR count). The van der Waals surface area contributed by atoms with E-state index in [2.05, 4.69) is 15.9 Å². The fraction of sp³-hybridized carbons (Fsp3) is 0.267. The van der Waals surface area contributed by atoms with Gasteiger partial charge in [0.2, 0.25) is 5.91 Å². The molecule has 0 N–H and O–H groups in total. The SMILES string of the molecule is CCC(=O)N(C)Cc1ccc(-c2ccc(Br)cc2)o1. The highest BCUT2D eigenvalue weighted by Gasteiger charge is 2.10. The van der Waals surface area contributed by atoms with Gasteiger partial charge in [-0.25, -0.2) is 0 Å². The smallest absolute Gasteiger partial charge is 0.222 e. The van der Waals surface area contributed by atoms with Gasteiger partial charge >= 0.3 is 0 Å². The van der Waals surface area contributed by atoms with E-state index in [-0.39, 0.29) is 5.91 Å². The highest BCUT2D eigenvalue weighted by atomic mass is 79.9. The van der Waals surface area contributed by atoms with Crippen molar-refractivity contribution in [2.75, 3.05) is 7.05 Å². The molecular formula is C15H16BrNO2. The Labute approximate surface area is 121 Å². The molecule has 2 aromatic rings. The van der Waals surface area contributed by atoms with Crippen LogP contribution < -0.4 is 0 Å². The average molecular weight is 322 g/mol. The van der Waals surface area contributed by atoms with Crippen LogP contribution in [0.3, 0.4) is 0 Å². The zero-order valence-corrected chi connectivity index (χ0v) is 12.6. The second kappa shape index (κ2) is 6.06. The first-order valence-electron chi connectivity index (χ1n) is 6.18. The van der Waals surface area contributed by atoms with Crippen molar-refractivity contribution in [2.24, 2.45) is 0 Å². The summed E-state index contributed by atoms with van der Waals surface area (Å²) in [6, 6.07) is 11.8. The molecule has 0 aliphatic rings. The molecule has 1 heterocycles. The van der Waals surface area contributed by atoms with E-state index in [1.165, 1.54) is 0 Å². The first-order valence-corrected chi connectivity index (χ1v) is 6.98.